The van der Waals surface area contributed by atoms with Crippen molar-refractivity contribution in [3.8, 4) is 0 Å². The third kappa shape index (κ3) is 3.04. The number of nitrogens with one attached hydrogen (secondary N) is 1. The molecule has 0 aliphatic carbocycles. The van der Waals surface area contributed by atoms with Gasteiger partial charge in [-0.1, -0.05) is 22.9 Å². The van der Waals surface area contributed by atoms with E-state index in [4.69, 9.17) is 0 Å². The second-order valence-electron chi connectivity index (χ2n) is 5.99. The van der Waals surface area contributed by atoms with E-state index in [1.807, 2.05) is 52.8 Å². The summed E-state index contributed by atoms with van der Waals surface area (Å²) in [6.07, 6.45) is 1.67. The molecule has 0 aliphatic rings. The summed E-state index contributed by atoms with van der Waals surface area (Å²) in [4.78, 5) is 12.2. The highest BCUT2D eigenvalue weighted by Gasteiger charge is 2.18. The van der Waals surface area contributed by atoms with E-state index < -0.39 is 0 Å². The Labute approximate surface area is 119 Å². The molecule has 20 heavy (non-hydrogen) atoms. The summed E-state index contributed by atoms with van der Waals surface area (Å²) in [6, 6.07) is 5.90. The Bertz CT molecular complexity index is 638. The number of benzene rings is 1. The number of carbonyl (C=O) groups excluding carboxylic acids is 1. The van der Waals surface area contributed by atoms with E-state index >= 15 is 0 Å². The van der Waals surface area contributed by atoms with Crippen LogP contribution >= 0.6 is 0 Å². The zero-order chi connectivity index (χ0) is 14.9. The second-order valence-corrected chi connectivity index (χ2v) is 5.99. The van der Waals surface area contributed by atoms with Gasteiger partial charge in [0, 0.05) is 5.69 Å². The molecule has 0 saturated heterocycles. The first-order valence-corrected chi connectivity index (χ1v) is 6.59. The van der Waals surface area contributed by atoms with Crippen LogP contribution in [0.15, 0.2) is 24.4 Å². The van der Waals surface area contributed by atoms with E-state index in [-0.39, 0.29) is 11.4 Å². The van der Waals surface area contributed by atoms with Crippen LogP contribution in [0.25, 0.3) is 0 Å². The molecule has 0 unspecified atom stereocenters. The highest BCUT2D eigenvalue weighted by atomic mass is 16.2. The Hall–Kier alpha value is -2.17. The van der Waals surface area contributed by atoms with E-state index in [1.165, 1.54) is 5.56 Å². The molecule has 0 aliphatic heterocycles. The summed E-state index contributed by atoms with van der Waals surface area (Å²) in [7, 11) is 0. The van der Waals surface area contributed by atoms with Crippen LogP contribution in [-0.4, -0.2) is 20.9 Å². The monoisotopic (exact) mass is 272 g/mol. The molecule has 0 spiro atoms. The summed E-state index contributed by atoms with van der Waals surface area (Å²) in [5.74, 6) is -0.243. The van der Waals surface area contributed by atoms with Crippen molar-refractivity contribution in [2.45, 2.75) is 40.2 Å². The number of hydrogen-bond donors (Lipinski definition) is 1. The molecule has 106 valence electrons. The average molecular weight is 272 g/mol. The molecule has 5 nitrogen and oxygen atoms in total. The first-order valence-electron chi connectivity index (χ1n) is 6.59. The Kier molecular flexibility index (Phi) is 3.61. The molecule has 0 bridgehead atoms. The molecule has 1 amide bonds. The Morgan fingerprint density at radius 2 is 1.95 bits per heavy atom. The van der Waals surface area contributed by atoms with Crippen LogP contribution in [0.3, 0.4) is 0 Å². The third-order valence-electron chi connectivity index (χ3n) is 3.04. The van der Waals surface area contributed by atoms with Crippen LogP contribution in [0.4, 0.5) is 5.69 Å². The molecule has 5 heteroatoms. The molecular weight excluding hydrogens is 252 g/mol. The highest BCUT2D eigenvalue weighted by Crippen LogP contribution is 2.17. The molecule has 0 saturated carbocycles. The van der Waals surface area contributed by atoms with E-state index in [9.17, 15) is 4.79 Å². The van der Waals surface area contributed by atoms with Gasteiger partial charge in [0.2, 0.25) is 0 Å². The third-order valence-corrected chi connectivity index (χ3v) is 3.04. The number of aryl methyl sites for hydroxylation is 2. The molecule has 1 N–H and O–H groups in total. The normalized spacial score (nSPS) is 11.4. The van der Waals surface area contributed by atoms with Gasteiger partial charge in [-0.05, 0) is 46.2 Å². The van der Waals surface area contributed by atoms with Crippen molar-refractivity contribution < 1.29 is 4.79 Å². The predicted octanol–water partition coefficient (Wildman–Crippen LogP) is 2.90. The summed E-state index contributed by atoms with van der Waals surface area (Å²) in [5.41, 5.74) is 3.12. The average Bonchev–Trinajstić information content (AvgIpc) is 2.82. The van der Waals surface area contributed by atoms with Crippen LogP contribution in [-0.2, 0) is 5.54 Å². The van der Waals surface area contributed by atoms with Crippen molar-refractivity contribution in [3.05, 3.63) is 41.2 Å². The zero-order valence-electron chi connectivity index (χ0n) is 12.6. The highest BCUT2D eigenvalue weighted by molar-refractivity contribution is 6.03. The van der Waals surface area contributed by atoms with Crippen molar-refractivity contribution in [2.24, 2.45) is 0 Å². The van der Waals surface area contributed by atoms with Gasteiger partial charge in [-0.3, -0.25) is 4.79 Å². The zero-order valence-corrected chi connectivity index (χ0v) is 12.6. The maximum Gasteiger partial charge on any atom is 0.277 e. The van der Waals surface area contributed by atoms with Crippen molar-refractivity contribution in [1.82, 2.24) is 15.0 Å². The smallest absolute Gasteiger partial charge is 0.277 e. The van der Waals surface area contributed by atoms with Gasteiger partial charge in [-0.25, -0.2) is 4.68 Å². The quantitative estimate of drug-likeness (QED) is 0.914. The topological polar surface area (TPSA) is 59.8 Å². The molecule has 0 fully saturated rings. The van der Waals surface area contributed by atoms with Gasteiger partial charge in [-0.2, -0.15) is 0 Å². The van der Waals surface area contributed by atoms with Crippen LogP contribution in [0.2, 0.25) is 0 Å². The molecule has 1 heterocycles. The molecule has 0 radical (unpaired) electrons. The predicted molar refractivity (Wildman–Crippen MR) is 78.9 cm³/mol. The largest absolute Gasteiger partial charge is 0.320 e. The molecule has 2 aromatic rings. The number of amides is 1. The van der Waals surface area contributed by atoms with E-state index in [0.29, 0.717) is 5.69 Å². The first kappa shape index (κ1) is 14.2. The van der Waals surface area contributed by atoms with Crippen LogP contribution in [0.1, 0.15) is 42.4 Å². The number of rotatable bonds is 2. The van der Waals surface area contributed by atoms with Gasteiger partial charge in [-0.15, -0.1) is 5.10 Å². The number of hydrogen-bond acceptors (Lipinski definition) is 3. The van der Waals surface area contributed by atoms with E-state index in [2.05, 4.69) is 15.6 Å². The van der Waals surface area contributed by atoms with Gasteiger partial charge in [0.15, 0.2) is 5.69 Å². The maximum atomic E-state index is 12.2. The first-order chi connectivity index (χ1) is 9.27. The minimum atomic E-state index is -0.243. The lowest BCUT2D eigenvalue weighted by atomic mass is 10.1. The minimum Gasteiger partial charge on any atom is -0.320 e. The molecular formula is C15H20N4O. The SMILES string of the molecule is Cc1ccc(NC(=O)c2cn(C(C)(C)C)nn2)c(C)c1. The van der Waals surface area contributed by atoms with Gasteiger partial charge < -0.3 is 5.32 Å². The fourth-order valence-corrected chi connectivity index (χ4v) is 1.84. The minimum absolute atomic E-state index is 0.189. The fourth-order valence-electron chi connectivity index (χ4n) is 1.84. The van der Waals surface area contributed by atoms with Gasteiger partial charge in [0.05, 0.1) is 11.7 Å². The second kappa shape index (κ2) is 5.07. The van der Waals surface area contributed by atoms with Gasteiger partial charge >= 0.3 is 0 Å². The van der Waals surface area contributed by atoms with E-state index in [1.54, 1.807) is 10.9 Å². The molecule has 1 aromatic carbocycles. The van der Waals surface area contributed by atoms with Crippen molar-refractivity contribution in [2.75, 3.05) is 5.32 Å². The summed E-state index contributed by atoms with van der Waals surface area (Å²) in [6.45, 7) is 10.0. The Morgan fingerprint density at radius 3 is 2.50 bits per heavy atom. The van der Waals surface area contributed by atoms with Gasteiger partial charge in [0.1, 0.15) is 0 Å². The van der Waals surface area contributed by atoms with Crippen LogP contribution in [0, 0.1) is 13.8 Å². The van der Waals surface area contributed by atoms with Crippen molar-refractivity contribution >= 4 is 11.6 Å². The van der Waals surface area contributed by atoms with Gasteiger partial charge in [0.25, 0.3) is 5.91 Å². The lowest BCUT2D eigenvalue weighted by Gasteiger charge is -2.17. The van der Waals surface area contributed by atoms with Crippen molar-refractivity contribution in [1.29, 1.82) is 0 Å². The number of anilines is 1. The Morgan fingerprint density at radius 1 is 1.25 bits per heavy atom. The maximum absolute atomic E-state index is 12.2. The summed E-state index contributed by atoms with van der Waals surface area (Å²) < 4.78 is 1.68. The standard InChI is InChI=1S/C15H20N4O/c1-10-6-7-12(11(2)8-10)16-14(20)13-9-19(18-17-13)15(3,4)5/h6-9H,1-5H3,(H,16,20). The fraction of sp³-hybridized carbons (Fsp3) is 0.400. The number of nitrogens with zero attached hydrogens (tertiary/aromatic N) is 3. The summed E-state index contributed by atoms with van der Waals surface area (Å²) >= 11 is 0. The number of carbonyl (C=O) groups is 1. The lowest BCUT2D eigenvalue weighted by Crippen LogP contribution is -2.22. The lowest BCUT2D eigenvalue weighted by molar-refractivity contribution is 0.102. The molecule has 1 aromatic heterocycles. The van der Waals surface area contributed by atoms with Crippen molar-refractivity contribution in [3.63, 3.8) is 0 Å². The Balaban J connectivity index is 2.18. The molecule has 0 atom stereocenters. The van der Waals surface area contributed by atoms with Crippen LogP contribution < -0.4 is 5.32 Å². The van der Waals surface area contributed by atoms with E-state index in [0.717, 1.165) is 11.3 Å². The number of aromatic nitrogens is 3. The van der Waals surface area contributed by atoms with Crippen LogP contribution in [0.5, 0.6) is 0 Å². The summed E-state index contributed by atoms with van der Waals surface area (Å²) in [5, 5.41) is 10.8. The molecule has 2 rings (SSSR count).